The fourth-order valence-electron chi connectivity index (χ4n) is 2.04. The molecule has 4 heteroatoms. The largest absolute Gasteiger partial charge is 0.365 e. The van der Waals surface area contributed by atoms with Gasteiger partial charge in [-0.05, 0) is 44.4 Å². The van der Waals surface area contributed by atoms with Crippen molar-refractivity contribution in [1.82, 2.24) is 0 Å². The summed E-state index contributed by atoms with van der Waals surface area (Å²) in [7, 11) is 0. The SMILES string of the molecule is Cc1ccc(C#N)cc1NC(=O)C1(C)CCCO1. The van der Waals surface area contributed by atoms with Crippen molar-refractivity contribution in [2.75, 3.05) is 11.9 Å². The Morgan fingerprint density at radius 2 is 2.33 bits per heavy atom. The molecular weight excluding hydrogens is 228 g/mol. The highest BCUT2D eigenvalue weighted by molar-refractivity contribution is 5.97. The molecule has 1 aromatic carbocycles. The Balaban J connectivity index is 2.19. The van der Waals surface area contributed by atoms with Crippen LogP contribution in [-0.2, 0) is 9.53 Å². The predicted octanol–water partition coefficient (Wildman–Crippen LogP) is 2.37. The fraction of sp³-hybridized carbons (Fsp3) is 0.429. The van der Waals surface area contributed by atoms with E-state index in [1.807, 2.05) is 13.0 Å². The maximum Gasteiger partial charge on any atom is 0.256 e. The molecule has 1 atom stereocenters. The second kappa shape index (κ2) is 4.79. The van der Waals surface area contributed by atoms with Gasteiger partial charge in [0.2, 0.25) is 0 Å². The zero-order valence-electron chi connectivity index (χ0n) is 10.6. The molecule has 1 aliphatic rings. The molecule has 1 fully saturated rings. The molecule has 0 aliphatic carbocycles. The van der Waals surface area contributed by atoms with E-state index in [2.05, 4.69) is 11.4 Å². The van der Waals surface area contributed by atoms with E-state index in [1.165, 1.54) is 0 Å². The van der Waals surface area contributed by atoms with E-state index in [9.17, 15) is 4.79 Å². The van der Waals surface area contributed by atoms with Crippen LogP contribution in [0.2, 0.25) is 0 Å². The van der Waals surface area contributed by atoms with E-state index < -0.39 is 5.60 Å². The first-order chi connectivity index (χ1) is 8.55. The highest BCUT2D eigenvalue weighted by atomic mass is 16.5. The average molecular weight is 244 g/mol. The third-order valence-electron chi connectivity index (χ3n) is 3.31. The Hall–Kier alpha value is -1.86. The van der Waals surface area contributed by atoms with E-state index in [1.54, 1.807) is 19.1 Å². The second-order valence-corrected chi connectivity index (χ2v) is 4.78. The molecular formula is C14H16N2O2. The molecule has 0 bridgehead atoms. The Kier molecular flexibility index (Phi) is 3.35. The van der Waals surface area contributed by atoms with Crippen LogP contribution in [0.3, 0.4) is 0 Å². The molecule has 2 rings (SSSR count). The zero-order chi connectivity index (χ0) is 13.2. The van der Waals surface area contributed by atoms with Gasteiger partial charge in [0, 0.05) is 12.3 Å². The van der Waals surface area contributed by atoms with Crippen LogP contribution in [0.5, 0.6) is 0 Å². The molecule has 0 spiro atoms. The number of carbonyl (C=O) groups excluding carboxylic acids is 1. The van der Waals surface area contributed by atoms with Crippen molar-refractivity contribution in [2.45, 2.75) is 32.3 Å². The first kappa shape index (κ1) is 12.6. The third kappa shape index (κ3) is 2.36. The summed E-state index contributed by atoms with van der Waals surface area (Å²) in [6, 6.07) is 7.31. The average Bonchev–Trinajstić information content (AvgIpc) is 2.80. The number of amides is 1. The molecule has 1 unspecified atom stereocenters. The van der Waals surface area contributed by atoms with E-state index in [4.69, 9.17) is 10.00 Å². The number of nitrogens with one attached hydrogen (secondary N) is 1. The van der Waals surface area contributed by atoms with Crippen molar-refractivity contribution in [3.8, 4) is 6.07 Å². The molecule has 1 heterocycles. The molecule has 1 amide bonds. The monoisotopic (exact) mass is 244 g/mol. The van der Waals surface area contributed by atoms with Crippen LogP contribution in [-0.4, -0.2) is 18.1 Å². The van der Waals surface area contributed by atoms with Crippen LogP contribution in [0, 0.1) is 18.3 Å². The van der Waals surface area contributed by atoms with Gasteiger partial charge in [-0.3, -0.25) is 4.79 Å². The molecule has 1 aliphatic heterocycles. The zero-order valence-corrected chi connectivity index (χ0v) is 10.6. The lowest BCUT2D eigenvalue weighted by atomic mass is 10.0. The first-order valence-corrected chi connectivity index (χ1v) is 6.01. The van der Waals surface area contributed by atoms with Crippen LogP contribution in [0.15, 0.2) is 18.2 Å². The first-order valence-electron chi connectivity index (χ1n) is 6.01. The number of nitriles is 1. The van der Waals surface area contributed by atoms with Crippen molar-refractivity contribution in [2.24, 2.45) is 0 Å². The molecule has 0 aromatic heterocycles. The quantitative estimate of drug-likeness (QED) is 0.868. The summed E-state index contributed by atoms with van der Waals surface area (Å²) in [4.78, 5) is 12.2. The highest BCUT2D eigenvalue weighted by Gasteiger charge is 2.37. The fourth-order valence-corrected chi connectivity index (χ4v) is 2.04. The van der Waals surface area contributed by atoms with Gasteiger partial charge in [0.05, 0.1) is 11.6 Å². The van der Waals surface area contributed by atoms with Gasteiger partial charge in [0.25, 0.3) is 5.91 Å². The van der Waals surface area contributed by atoms with E-state index in [0.717, 1.165) is 18.4 Å². The summed E-state index contributed by atoms with van der Waals surface area (Å²) >= 11 is 0. The molecule has 0 radical (unpaired) electrons. The van der Waals surface area contributed by atoms with Crippen LogP contribution in [0.25, 0.3) is 0 Å². The third-order valence-corrected chi connectivity index (χ3v) is 3.31. The van der Waals surface area contributed by atoms with Gasteiger partial charge in [-0.1, -0.05) is 6.07 Å². The smallest absolute Gasteiger partial charge is 0.256 e. The number of nitrogens with zero attached hydrogens (tertiary/aromatic N) is 1. The maximum absolute atomic E-state index is 12.2. The summed E-state index contributed by atoms with van der Waals surface area (Å²) in [6.07, 6.45) is 1.64. The summed E-state index contributed by atoms with van der Waals surface area (Å²) < 4.78 is 5.49. The van der Waals surface area contributed by atoms with Crippen LogP contribution in [0.1, 0.15) is 30.9 Å². The van der Waals surface area contributed by atoms with Crippen molar-refractivity contribution < 1.29 is 9.53 Å². The Morgan fingerprint density at radius 1 is 1.56 bits per heavy atom. The number of rotatable bonds is 2. The minimum absolute atomic E-state index is 0.141. The summed E-state index contributed by atoms with van der Waals surface area (Å²) in [6.45, 7) is 4.33. The lowest BCUT2D eigenvalue weighted by molar-refractivity contribution is -0.133. The van der Waals surface area contributed by atoms with Crippen molar-refractivity contribution in [3.63, 3.8) is 0 Å². The maximum atomic E-state index is 12.2. The highest BCUT2D eigenvalue weighted by Crippen LogP contribution is 2.27. The van der Waals surface area contributed by atoms with Gasteiger partial charge in [-0.25, -0.2) is 0 Å². The van der Waals surface area contributed by atoms with Gasteiger partial charge in [0.1, 0.15) is 5.60 Å². The summed E-state index contributed by atoms with van der Waals surface area (Å²) in [5.74, 6) is -0.141. The van der Waals surface area contributed by atoms with Gasteiger partial charge in [0.15, 0.2) is 0 Å². The number of aryl methyl sites for hydroxylation is 1. The Labute approximate surface area is 107 Å². The molecule has 18 heavy (non-hydrogen) atoms. The Bertz CT molecular complexity index is 511. The number of hydrogen-bond donors (Lipinski definition) is 1. The lowest BCUT2D eigenvalue weighted by Gasteiger charge is -2.22. The van der Waals surface area contributed by atoms with E-state index in [-0.39, 0.29) is 5.91 Å². The van der Waals surface area contributed by atoms with Gasteiger partial charge < -0.3 is 10.1 Å². The predicted molar refractivity (Wildman–Crippen MR) is 68.1 cm³/mol. The summed E-state index contributed by atoms with van der Waals surface area (Å²) in [5, 5.41) is 11.7. The lowest BCUT2D eigenvalue weighted by Crippen LogP contribution is -2.39. The number of anilines is 1. The topological polar surface area (TPSA) is 62.1 Å². The van der Waals surface area contributed by atoms with E-state index in [0.29, 0.717) is 17.9 Å². The molecule has 1 N–H and O–H groups in total. The molecule has 1 aromatic rings. The van der Waals surface area contributed by atoms with Gasteiger partial charge >= 0.3 is 0 Å². The minimum Gasteiger partial charge on any atom is -0.365 e. The molecule has 94 valence electrons. The minimum atomic E-state index is -0.741. The van der Waals surface area contributed by atoms with Crippen molar-refractivity contribution in [1.29, 1.82) is 5.26 Å². The van der Waals surface area contributed by atoms with Crippen molar-refractivity contribution >= 4 is 11.6 Å². The van der Waals surface area contributed by atoms with Gasteiger partial charge in [-0.2, -0.15) is 5.26 Å². The van der Waals surface area contributed by atoms with Crippen LogP contribution in [0.4, 0.5) is 5.69 Å². The molecule has 0 saturated carbocycles. The van der Waals surface area contributed by atoms with Gasteiger partial charge in [-0.15, -0.1) is 0 Å². The number of benzene rings is 1. The van der Waals surface area contributed by atoms with Crippen LogP contribution < -0.4 is 5.32 Å². The van der Waals surface area contributed by atoms with Crippen LogP contribution >= 0.6 is 0 Å². The second-order valence-electron chi connectivity index (χ2n) is 4.78. The standard InChI is InChI=1S/C14H16N2O2/c1-10-4-5-11(9-15)8-12(10)16-13(17)14(2)6-3-7-18-14/h4-5,8H,3,6-7H2,1-2H3,(H,16,17). The Morgan fingerprint density at radius 3 is 2.94 bits per heavy atom. The summed E-state index contributed by atoms with van der Waals surface area (Å²) in [5.41, 5.74) is 1.41. The van der Waals surface area contributed by atoms with E-state index >= 15 is 0 Å². The molecule has 1 saturated heterocycles. The molecule has 4 nitrogen and oxygen atoms in total. The number of ether oxygens (including phenoxy) is 1. The van der Waals surface area contributed by atoms with Crippen molar-refractivity contribution in [3.05, 3.63) is 29.3 Å². The normalized spacial score (nSPS) is 22.5. The number of carbonyl (C=O) groups is 1. The number of hydrogen-bond acceptors (Lipinski definition) is 3.